The summed E-state index contributed by atoms with van der Waals surface area (Å²) in [5, 5.41) is 0. The van der Waals surface area contributed by atoms with E-state index in [4.69, 9.17) is 9.16 Å². The smallest absolute Gasteiger partial charge is 0.337 e. The minimum absolute atomic E-state index is 0.159. The van der Waals surface area contributed by atoms with E-state index in [1.807, 2.05) is 6.92 Å². The van der Waals surface area contributed by atoms with Crippen LogP contribution in [-0.2, 0) is 14.0 Å². The lowest BCUT2D eigenvalue weighted by molar-refractivity contribution is -0.138. The molecule has 0 atom stereocenters. The Bertz CT molecular complexity index is 369. The van der Waals surface area contributed by atoms with Gasteiger partial charge in [-0.25, -0.2) is 4.79 Å². The van der Waals surface area contributed by atoms with Crippen LogP contribution in [0.3, 0.4) is 0 Å². The van der Waals surface area contributed by atoms with E-state index in [0.717, 1.165) is 37.0 Å². The number of carbonyl (C=O) groups excluding carboxylic acids is 1. The third-order valence-corrected chi connectivity index (χ3v) is 4.73. The van der Waals surface area contributed by atoms with Gasteiger partial charge in [0.1, 0.15) is 0 Å². The lowest BCUT2D eigenvalue weighted by Gasteiger charge is -2.25. The Hall–Kier alpha value is -0.773. The van der Waals surface area contributed by atoms with E-state index >= 15 is 0 Å². The molecule has 0 aromatic rings. The molecular weight excluding hydrogens is 292 g/mol. The van der Waals surface area contributed by atoms with Crippen LogP contribution in [0, 0.1) is 0 Å². The molecule has 0 spiro atoms. The number of ether oxygens (including phenoxy) is 1. The molecule has 0 fully saturated rings. The number of esters is 1. The highest BCUT2D eigenvalue weighted by molar-refractivity contribution is 6.70. The lowest BCUT2D eigenvalue weighted by atomic mass is 9.99. The molecule has 0 radical (unpaired) electrons. The van der Waals surface area contributed by atoms with Gasteiger partial charge in [-0.1, -0.05) is 38.5 Å². The van der Waals surface area contributed by atoms with Crippen molar-refractivity contribution in [1.82, 2.24) is 0 Å². The van der Waals surface area contributed by atoms with Crippen LogP contribution in [0.4, 0.5) is 0 Å². The fourth-order valence-electron chi connectivity index (χ4n) is 2.85. The number of hydrogen-bond acceptors (Lipinski definition) is 3. The molecular formula is C18H34O3Si. The first-order chi connectivity index (χ1) is 10.4. The maximum Gasteiger partial charge on any atom is 0.337 e. The molecule has 0 aromatic heterocycles. The van der Waals surface area contributed by atoms with Gasteiger partial charge in [0.15, 0.2) is 0 Å². The zero-order valence-electron chi connectivity index (χ0n) is 15.0. The van der Waals surface area contributed by atoms with Gasteiger partial charge in [-0.2, -0.15) is 0 Å². The van der Waals surface area contributed by atoms with E-state index < -0.39 is 8.32 Å². The van der Waals surface area contributed by atoms with E-state index in [2.05, 4.69) is 19.6 Å². The summed E-state index contributed by atoms with van der Waals surface area (Å²) in [6, 6.07) is 0. The highest BCUT2D eigenvalue weighted by atomic mass is 28.4. The average Bonchev–Trinajstić information content (AvgIpc) is 2.40. The summed E-state index contributed by atoms with van der Waals surface area (Å²) in [5.74, 6) is 0.769. The Morgan fingerprint density at radius 3 is 1.91 bits per heavy atom. The molecule has 0 aliphatic heterocycles. The minimum atomic E-state index is -1.71. The number of rotatable bonds is 4. The van der Waals surface area contributed by atoms with E-state index in [-0.39, 0.29) is 5.97 Å². The highest BCUT2D eigenvalue weighted by Gasteiger charge is 2.23. The molecule has 3 nitrogen and oxygen atoms in total. The van der Waals surface area contributed by atoms with Gasteiger partial charge in [0.25, 0.3) is 0 Å². The summed E-state index contributed by atoms with van der Waals surface area (Å²) >= 11 is 0. The lowest BCUT2D eigenvalue weighted by Crippen LogP contribution is -2.27. The first-order valence-electron chi connectivity index (χ1n) is 9.02. The summed E-state index contributed by atoms with van der Waals surface area (Å²) in [5.41, 5.74) is 0.810. The summed E-state index contributed by atoms with van der Waals surface area (Å²) in [6.07, 6.45) is 11.6. The third-order valence-electron chi connectivity index (χ3n) is 3.87. The molecule has 0 unspecified atom stereocenters. The van der Waals surface area contributed by atoms with Crippen LogP contribution in [0.5, 0.6) is 0 Å². The van der Waals surface area contributed by atoms with Gasteiger partial charge < -0.3 is 9.16 Å². The summed E-state index contributed by atoms with van der Waals surface area (Å²) in [6.45, 7) is 8.84. The van der Waals surface area contributed by atoms with Crippen molar-refractivity contribution in [3.05, 3.63) is 11.3 Å². The monoisotopic (exact) mass is 326 g/mol. The van der Waals surface area contributed by atoms with Gasteiger partial charge in [0, 0.05) is 6.42 Å². The van der Waals surface area contributed by atoms with Crippen LogP contribution in [0.1, 0.15) is 71.1 Å². The van der Waals surface area contributed by atoms with Crippen LogP contribution in [0.15, 0.2) is 11.3 Å². The average molecular weight is 327 g/mol. The zero-order chi connectivity index (χ0) is 16.4. The maximum absolute atomic E-state index is 12.4. The van der Waals surface area contributed by atoms with Gasteiger partial charge in [0.05, 0.1) is 17.9 Å². The van der Waals surface area contributed by atoms with Crippen LogP contribution in [-0.4, -0.2) is 20.9 Å². The molecule has 4 heteroatoms. The highest BCUT2D eigenvalue weighted by Crippen LogP contribution is 2.26. The van der Waals surface area contributed by atoms with Gasteiger partial charge in [-0.3, -0.25) is 0 Å². The second-order valence-corrected chi connectivity index (χ2v) is 11.6. The first kappa shape index (κ1) is 19.3. The van der Waals surface area contributed by atoms with E-state index in [1.54, 1.807) is 0 Å². The van der Waals surface area contributed by atoms with Crippen molar-refractivity contribution in [3.8, 4) is 0 Å². The van der Waals surface area contributed by atoms with Gasteiger partial charge in [-0.05, 0) is 45.8 Å². The molecule has 1 aliphatic carbocycles. The van der Waals surface area contributed by atoms with Crippen LogP contribution < -0.4 is 0 Å². The molecule has 0 saturated heterocycles. The SMILES string of the molecule is CCOC(=O)/C1=C(\O[Si](C)(C)C)CCCCCCCCCC1. The predicted molar refractivity (Wildman–Crippen MR) is 94.3 cm³/mol. The molecule has 0 aromatic carbocycles. The number of hydrogen-bond donors (Lipinski definition) is 0. The summed E-state index contributed by atoms with van der Waals surface area (Å²) in [4.78, 5) is 12.4. The molecule has 1 aliphatic rings. The van der Waals surface area contributed by atoms with Crippen molar-refractivity contribution < 1.29 is 14.0 Å². The fourth-order valence-corrected chi connectivity index (χ4v) is 3.82. The summed E-state index contributed by atoms with van der Waals surface area (Å²) < 4.78 is 11.6. The Morgan fingerprint density at radius 2 is 1.41 bits per heavy atom. The van der Waals surface area contributed by atoms with E-state index in [0.29, 0.717) is 6.61 Å². The van der Waals surface area contributed by atoms with Gasteiger partial charge in [-0.15, -0.1) is 0 Å². The standard InChI is InChI=1S/C18H34O3Si/c1-5-20-18(19)16-14-12-10-8-6-7-9-11-13-15-17(16)21-22(2,3)4/h5-15H2,1-4H3/b17-16-. The van der Waals surface area contributed by atoms with E-state index in [9.17, 15) is 4.79 Å². The molecule has 1 rings (SSSR count). The molecule has 128 valence electrons. The number of carbonyl (C=O) groups is 1. The largest absolute Gasteiger partial charge is 0.547 e. The van der Waals surface area contributed by atoms with Crippen molar-refractivity contribution in [3.63, 3.8) is 0 Å². The van der Waals surface area contributed by atoms with Crippen molar-refractivity contribution in [1.29, 1.82) is 0 Å². The van der Waals surface area contributed by atoms with Crippen LogP contribution in [0.25, 0.3) is 0 Å². The molecule has 0 amide bonds. The second kappa shape index (κ2) is 10.1. The molecule has 0 saturated carbocycles. The first-order valence-corrected chi connectivity index (χ1v) is 12.4. The van der Waals surface area contributed by atoms with Crippen molar-refractivity contribution >= 4 is 14.3 Å². The Kier molecular flexibility index (Phi) is 8.84. The topological polar surface area (TPSA) is 35.5 Å². The molecule has 22 heavy (non-hydrogen) atoms. The minimum Gasteiger partial charge on any atom is -0.547 e. The Labute approximate surface area is 137 Å². The quantitative estimate of drug-likeness (QED) is 0.500. The second-order valence-electron chi connectivity index (χ2n) is 7.17. The van der Waals surface area contributed by atoms with Gasteiger partial charge in [0.2, 0.25) is 8.32 Å². The molecule has 0 bridgehead atoms. The number of allylic oxidation sites excluding steroid dienone is 1. The van der Waals surface area contributed by atoms with Gasteiger partial charge >= 0.3 is 5.97 Å². The Balaban J connectivity index is 2.95. The Morgan fingerprint density at radius 1 is 0.909 bits per heavy atom. The van der Waals surface area contributed by atoms with Crippen LogP contribution >= 0.6 is 0 Å². The fraction of sp³-hybridized carbons (Fsp3) is 0.833. The normalized spacial score (nSPS) is 22.4. The third kappa shape index (κ3) is 8.02. The van der Waals surface area contributed by atoms with Crippen LogP contribution in [0.2, 0.25) is 19.6 Å². The van der Waals surface area contributed by atoms with Crippen molar-refractivity contribution in [2.24, 2.45) is 0 Å². The predicted octanol–water partition coefficient (Wildman–Crippen LogP) is 5.57. The molecule has 0 N–H and O–H groups in total. The zero-order valence-corrected chi connectivity index (χ0v) is 16.0. The maximum atomic E-state index is 12.4. The summed E-state index contributed by atoms with van der Waals surface area (Å²) in [7, 11) is -1.71. The van der Waals surface area contributed by atoms with E-state index in [1.165, 1.54) is 38.5 Å². The van der Waals surface area contributed by atoms with Crippen molar-refractivity contribution in [2.45, 2.75) is 90.8 Å². The van der Waals surface area contributed by atoms with Crippen molar-refractivity contribution in [2.75, 3.05) is 6.61 Å². The molecule has 0 heterocycles.